The van der Waals surface area contributed by atoms with Gasteiger partial charge in [0.2, 0.25) is 0 Å². The van der Waals surface area contributed by atoms with Gasteiger partial charge in [-0.1, -0.05) is 6.42 Å². The topological polar surface area (TPSA) is 26.0 Å². The zero-order chi connectivity index (χ0) is 9.36. The van der Waals surface area contributed by atoms with Crippen molar-refractivity contribution >= 4 is 0 Å². The summed E-state index contributed by atoms with van der Waals surface area (Å²) in [6.07, 6.45) is 1.01. The van der Waals surface area contributed by atoms with Crippen molar-refractivity contribution < 1.29 is 17.1 Å². The molecule has 0 amide bonds. The van der Waals surface area contributed by atoms with Crippen LogP contribution in [0.2, 0.25) is 0 Å². The van der Waals surface area contributed by atoms with Crippen molar-refractivity contribution in [1.29, 1.82) is 0 Å². The van der Waals surface area contributed by atoms with E-state index in [1.54, 1.807) is 0 Å². The van der Waals surface area contributed by atoms with Crippen molar-refractivity contribution in [2.24, 2.45) is 5.73 Å². The van der Waals surface area contributed by atoms with E-state index in [0.29, 0.717) is 0 Å². The first-order valence-electron chi connectivity index (χ1n) is 4.51. The molecule has 0 bridgehead atoms. The summed E-state index contributed by atoms with van der Waals surface area (Å²) in [7, 11) is 0. The third-order valence-electron chi connectivity index (χ3n) is 1.72. The predicted molar refractivity (Wildman–Crippen MR) is 56.8 cm³/mol. The van der Waals surface area contributed by atoms with Crippen LogP contribution in [0.5, 0.6) is 0 Å². The quantitative estimate of drug-likeness (QED) is 0.620. The molecule has 0 aromatic heterocycles. The Balaban J connectivity index is 0.000000246. The van der Waals surface area contributed by atoms with Gasteiger partial charge >= 0.3 is 0 Å². The van der Waals surface area contributed by atoms with E-state index in [1.165, 1.54) is 5.56 Å². The largest absolute Gasteiger partial charge is 0.748 e. The first-order valence-corrected chi connectivity index (χ1v) is 4.51. The molecule has 14 heavy (non-hydrogen) atoms. The van der Waals surface area contributed by atoms with Crippen LogP contribution in [0.15, 0.2) is 54.6 Å². The Kier molecular flexibility index (Phi) is 8.25. The minimum Gasteiger partial charge on any atom is -0.748 e. The molecule has 2 aromatic rings. The molecule has 2 aromatic carbocycles. The first kappa shape index (κ1) is 13.2. The second-order valence-corrected chi connectivity index (χ2v) is 2.79. The van der Waals surface area contributed by atoms with E-state index in [9.17, 15) is 0 Å². The van der Waals surface area contributed by atoms with E-state index >= 15 is 0 Å². The maximum absolute atomic E-state index is 5.32. The Morgan fingerprint density at radius 2 is 1.36 bits per heavy atom. The maximum Gasteiger partial charge on any atom is 0 e. The second-order valence-electron chi connectivity index (χ2n) is 2.79. The Labute approximate surface area is 96.1 Å². The number of hydrogen-bond donors (Lipinski definition) is 1. The first-order chi connectivity index (χ1) is 6.43. The van der Waals surface area contributed by atoms with Gasteiger partial charge in [0.1, 0.15) is 0 Å². The average molecular weight is 229 g/mol. The Morgan fingerprint density at radius 3 is 1.71 bits per heavy atom. The Morgan fingerprint density at radius 1 is 0.929 bits per heavy atom. The monoisotopic (exact) mass is 229 g/mol. The molecule has 0 saturated heterocycles. The minimum atomic E-state index is 0. The molecule has 2 rings (SSSR count). The van der Waals surface area contributed by atoms with Gasteiger partial charge in [-0.15, -0.1) is 0 Å². The zero-order valence-electron chi connectivity index (χ0n) is 8.04. The van der Waals surface area contributed by atoms with Gasteiger partial charge < -0.3 is 36.1 Å². The summed E-state index contributed by atoms with van der Waals surface area (Å²) in [6, 6.07) is 18.2. The smallest absolute Gasteiger partial charge is 0 e. The van der Waals surface area contributed by atoms with E-state index < -0.39 is 0 Å². The molecule has 0 aliphatic rings. The summed E-state index contributed by atoms with van der Waals surface area (Å²) in [5.74, 6) is 0. The molecule has 0 fully saturated rings. The van der Waals surface area contributed by atoms with Crippen LogP contribution in [-0.4, -0.2) is 6.54 Å². The van der Waals surface area contributed by atoms with Crippen molar-refractivity contribution in [3.63, 3.8) is 0 Å². The molecule has 0 spiro atoms. The molecule has 0 radical (unpaired) electrons. The summed E-state index contributed by atoms with van der Waals surface area (Å²) in [5.41, 5.74) is 6.66. The van der Waals surface area contributed by atoms with Crippen molar-refractivity contribution in [2.75, 3.05) is 6.54 Å². The molecular weight excluding hydrogens is 214 g/mol. The van der Waals surface area contributed by atoms with Crippen LogP contribution in [0.1, 0.15) is 5.56 Å². The van der Waals surface area contributed by atoms with Crippen LogP contribution in [0.25, 0.3) is 0 Å². The van der Waals surface area contributed by atoms with E-state index in [0.717, 1.165) is 13.0 Å². The summed E-state index contributed by atoms with van der Waals surface area (Å²) in [4.78, 5) is 0. The van der Waals surface area contributed by atoms with Gasteiger partial charge in [-0.25, -0.2) is 12.1 Å². The summed E-state index contributed by atoms with van der Waals surface area (Å²) >= 11 is 0. The standard InChI is InChI=1S/C7H10N.C5H5.Fe/c8-6-5-7-3-1-2-4-7;1-2-4-5-3-1;/h1-4H,5-6,8H2;1-5H;/q-1;-5;. The van der Waals surface area contributed by atoms with Crippen molar-refractivity contribution in [2.45, 2.75) is 6.42 Å². The fourth-order valence-electron chi connectivity index (χ4n) is 1.07. The van der Waals surface area contributed by atoms with E-state index in [4.69, 9.17) is 5.73 Å². The van der Waals surface area contributed by atoms with Crippen molar-refractivity contribution in [3.8, 4) is 0 Å². The van der Waals surface area contributed by atoms with Crippen LogP contribution in [-0.2, 0) is 23.5 Å². The van der Waals surface area contributed by atoms with Crippen LogP contribution in [0.3, 0.4) is 0 Å². The normalized spacial score (nSPS) is 8.36. The average Bonchev–Trinajstić information content (AvgIpc) is 2.79. The van der Waals surface area contributed by atoms with Crippen LogP contribution in [0, 0.1) is 0 Å². The molecule has 0 atom stereocenters. The summed E-state index contributed by atoms with van der Waals surface area (Å²) < 4.78 is 0. The Hall–Kier alpha value is -0.821. The van der Waals surface area contributed by atoms with E-state index in [-0.39, 0.29) is 17.1 Å². The van der Waals surface area contributed by atoms with E-state index in [1.807, 2.05) is 42.5 Å². The SMILES string of the molecule is NCC[c-]1cccc1.[Fe].[cH-]1[cH-][cH-][cH-][cH-]1. The van der Waals surface area contributed by atoms with Crippen molar-refractivity contribution in [1.82, 2.24) is 0 Å². The third kappa shape index (κ3) is 5.76. The predicted octanol–water partition coefficient (Wildman–Crippen LogP) is 2.31. The van der Waals surface area contributed by atoms with Crippen LogP contribution in [0.4, 0.5) is 0 Å². The van der Waals surface area contributed by atoms with Gasteiger partial charge in [0, 0.05) is 17.1 Å². The second kappa shape index (κ2) is 8.76. The fraction of sp³-hybridized carbons (Fsp3) is 0.167. The third-order valence-corrected chi connectivity index (χ3v) is 1.72. The molecule has 2 N–H and O–H groups in total. The van der Waals surface area contributed by atoms with Gasteiger partial charge in [-0.05, 0) is 6.54 Å². The summed E-state index contributed by atoms with van der Waals surface area (Å²) in [6.45, 7) is 0.754. The molecule has 0 unspecified atom stereocenters. The van der Waals surface area contributed by atoms with Crippen molar-refractivity contribution in [3.05, 3.63) is 60.2 Å². The number of hydrogen-bond acceptors (Lipinski definition) is 1. The molecule has 0 aliphatic heterocycles. The molecular formula is C12H15FeN-6. The molecule has 0 heterocycles. The minimum absolute atomic E-state index is 0. The maximum atomic E-state index is 5.32. The molecule has 82 valence electrons. The van der Waals surface area contributed by atoms with Crippen LogP contribution < -0.4 is 5.73 Å². The fourth-order valence-corrected chi connectivity index (χ4v) is 1.07. The summed E-state index contributed by atoms with van der Waals surface area (Å²) in [5, 5.41) is 0. The number of rotatable bonds is 2. The molecule has 0 saturated carbocycles. The van der Waals surface area contributed by atoms with Gasteiger partial charge in [-0.3, -0.25) is 0 Å². The zero-order valence-corrected chi connectivity index (χ0v) is 9.15. The van der Waals surface area contributed by atoms with Gasteiger partial charge in [-0.2, -0.15) is 17.7 Å². The Bertz CT molecular complexity index is 254. The van der Waals surface area contributed by atoms with Gasteiger partial charge in [0.25, 0.3) is 0 Å². The van der Waals surface area contributed by atoms with Gasteiger partial charge in [0.15, 0.2) is 0 Å². The molecule has 1 nitrogen and oxygen atoms in total. The molecule has 2 heteroatoms. The number of nitrogens with two attached hydrogens (primary N) is 1. The van der Waals surface area contributed by atoms with Gasteiger partial charge in [0.05, 0.1) is 0 Å². The van der Waals surface area contributed by atoms with Crippen LogP contribution >= 0.6 is 0 Å². The molecule has 0 aliphatic carbocycles. The van der Waals surface area contributed by atoms with E-state index in [2.05, 4.69) is 12.1 Å².